The zero-order valence-electron chi connectivity index (χ0n) is 11.4. The lowest BCUT2D eigenvalue weighted by atomic mass is 10.1. The van der Waals surface area contributed by atoms with E-state index in [1.165, 1.54) is 12.1 Å². The molecule has 0 fully saturated rings. The predicted molar refractivity (Wildman–Crippen MR) is 76.7 cm³/mol. The number of hydrogen-bond acceptors (Lipinski definition) is 1. The summed E-state index contributed by atoms with van der Waals surface area (Å²) >= 11 is 0. The van der Waals surface area contributed by atoms with E-state index in [0.29, 0.717) is 18.5 Å². The van der Waals surface area contributed by atoms with Gasteiger partial charge < -0.3 is 10.6 Å². The Labute approximate surface area is 122 Å². The number of benzene rings is 2. The maximum absolute atomic E-state index is 13.4. The van der Waals surface area contributed by atoms with Gasteiger partial charge in [-0.1, -0.05) is 36.4 Å². The highest BCUT2D eigenvalue weighted by Crippen LogP contribution is 2.09. The maximum Gasteiger partial charge on any atom is 0.315 e. The third-order valence-electron chi connectivity index (χ3n) is 2.99. The normalized spacial score (nSPS) is 10.2. The van der Waals surface area contributed by atoms with Crippen molar-refractivity contribution in [3.8, 4) is 0 Å². The number of hydrogen-bond donors (Lipinski definition) is 2. The minimum Gasteiger partial charge on any atom is -0.338 e. The van der Waals surface area contributed by atoms with Crippen LogP contribution in [0.25, 0.3) is 0 Å². The van der Waals surface area contributed by atoms with Crippen molar-refractivity contribution in [1.29, 1.82) is 0 Å². The van der Waals surface area contributed by atoms with Crippen LogP contribution in [0.1, 0.15) is 11.1 Å². The summed E-state index contributed by atoms with van der Waals surface area (Å²) in [6.07, 6.45) is 0.310. The van der Waals surface area contributed by atoms with Crippen molar-refractivity contribution in [2.75, 3.05) is 6.54 Å². The second-order valence-corrected chi connectivity index (χ2v) is 4.58. The molecule has 110 valence electrons. The zero-order valence-corrected chi connectivity index (χ0v) is 11.4. The van der Waals surface area contributed by atoms with Gasteiger partial charge in [-0.15, -0.1) is 0 Å². The fourth-order valence-corrected chi connectivity index (χ4v) is 1.88. The fraction of sp³-hybridized carbons (Fsp3) is 0.188. The first-order chi connectivity index (χ1) is 10.1. The molecule has 21 heavy (non-hydrogen) atoms. The summed E-state index contributed by atoms with van der Waals surface area (Å²) in [6.45, 7) is 0.709. The molecule has 0 aliphatic heterocycles. The molecular weight excluding hydrogens is 274 g/mol. The average Bonchev–Trinajstić information content (AvgIpc) is 2.48. The van der Waals surface area contributed by atoms with Crippen molar-refractivity contribution in [2.45, 2.75) is 13.0 Å². The lowest BCUT2D eigenvalue weighted by molar-refractivity contribution is 0.240. The number of carbonyl (C=O) groups is 1. The Morgan fingerprint density at radius 3 is 2.48 bits per heavy atom. The molecule has 0 heterocycles. The van der Waals surface area contributed by atoms with Crippen molar-refractivity contribution in [1.82, 2.24) is 10.6 Å². The van der Waals surface area contributed by atoms with Gasteiger partial charge in [-0.25, -0.2) is 13.6 Å². The maximum atomic E-state index is 13.4. The summed E-state index contributed by atoms with van der Waals surface area (Å²) in [4.78, 5) is 11.6. The minimum atomic E-state index is -0.607. The Hall–Kier alpha value is -2.43. The lowest BCUT2D eigenvalue weighted by Gasteiger charge is -2.08. The molecule has 2 N–H and O–H groups in total. The van der Waals surface area contributed by atoms with Gasteiger partial charge in [0.05, 0.1) is 0 Å². The predicted octanol–water partition coefficient (Wildman–Crippen LogP) is 3.01. The summed E-state index contributed by atoms with van der Waals surface area (Å²) in [5.74, 6) is -1.20. The number of nitrogens with one attached hydrogen (secondary N) is 2. The molecule has 0 saturated heterocycles. The van der Waals surface area contributed by atoms with E-state index >= 15 is 0 Å². The fourth-order valence-electron chi connectivity index (χ4n) is 1.88. The van der Waals surface area contributed by atoms with Gasteiger partial charge in [0.15, 0.2) is 0 Å². The quantitative estimate of drug-likeness (QED) is 0.873. The number of urea groups is 1. The van der Waals surface area contributed by atoms with Gasteiger partial charge in [-0.2, -0.15) is 0 Å². The number of halogens is 2. The van der Waals surface area contributed by atoms with Gasteiger partial charge in [0.2, 0.25) is 0 Å². The topological polar surface area (TPSA) is 41.1 Å². The standard InChI is InChI=1S/C16H16F2N2O/c17-14-7-6-13(15(18)10-14)8-9-19-16(21)20-11-12-4-2-1-3-5-12/h1-7,10H,8-9,11H2,(H2,19,20,21). The van der Waals surface area contributed by atoms with Gasteiger partial charge in [0.1, 0.15) is 11.6 Å². The summed E-state index contributed by atoms with van der Waals surface area (Å²) in [5, 5.41) is 5.34. The first-order valence-electron chi connectivity index (χ1n) is 6.65. The van der Waals surface area contributed by atoms with Gasteiger partial charge in [-0.3, -0.25) is 0 Å². The monoisotopic (exact) mass is 290 g/mol. The number of amides is 2. The van der Waals surface area contributed by atoms with Crippen LogP contribution in [-0.4, -0.2) is 12.6 Å². The second kappa shape index (κ2) is 7.38. The van der Waals surface area contributed by atoms with Crippen LogP contribution in [0.15, 0.2) is 48.5 Å². The third kappa shape index (κ3) is 4.87. The molecule has 0 unspecified atom stereocenters. The van der Waals surface area contributed by atoms with E-state index in [9.17, 15) is 13.6 Å². The van der Waals surface area contributed by atoms with E-state index in [-0.39, 0.29) is 12.6 Å². The van der Waals surface area contributed by atoms with Crippen molar-refractivity contribution in [2.24, 2.45) is 0 Å². The largest absolute Gasteiger partial charge is 0.338 e. The van der Waals surface area contributed by atoms with Crippen LogP contribution >= 0.6 is 0 Å². The Morgan fingerprint density at radius 2 is 1.76 bits per heavy atom. The molecule has 2 aromatic rings. The van der Waals surface area contributed by atoms with Gasteiger partial charge in [0, 0.05) is 19.2 Å². The molecule has 0 saturated carbocycles. The van der Waals surface area contributed by atoms with E-state index in [4.69, 9.17) is 0 Å². The second-order valence-electron chi connectivity index (χ2n) is 4.58. The molecule has 0 aromatic heterocycles. The summed E-state index contributed by atoms with van der Waals surface area (Å²) in [7, 11) is 0. The molecule has 0 radical (unpaired) electrons. The van der Waals surface area contributed by atoms with Crippen LogP contribution in [0, 0.1) is 11.6 Å². The smallest absolute Gasteiger partial charge is 0.315 e. The Bertz CT molecular complexity index is 602. The summed E-state index contributed by atoms with van der Waals surface area (Å²) in [6, 6.07) is 12.6. The first-order valence-corrected chi connectivity index (χ1v) is 6.65. The average molecular weight is 290 g/mol. The molecule has 2 aromatic carbocycles. The van der Waals surface area contributed by atoms with Crippen molar-refractivity contribution >= 4 is 6.03 Å². The zero-order chi connectivity index (χ0) is 15.1. The lowest BCUT2D eigenvalue weighted by Crippen LogP contribution is -2.36. The van der Waals surface area contributed by atoms with E-state index in [2.05, 4.69) is 10.6 Å². The number of rotatable bonds is 5. The molecule has 2 amide bonds. The molecular formula is C16H16F2N2O. The molecule has 0 aliphatic rings. The van der Waals surface area contributed by atoms with Gasteiger partial charge in [0.25, 0.3) is 0 Å². The molecule has 0 spiro atoms. The van der Waals surface area contributed by atoms with Crippen molar-refractivity contribution in [3.63, 3.8) is 0 Å². The molecule has 2 rings (SSSR count). The number of carbonyl (C=O) groups excluding carboxylic acids is 1. The van der Waals surface area contributed by atoms with Crippen LogP contribution in [0.5, 0.6) is 0 Å². The third-order valence-corrected chi connectivity index (χ3v) is 2.99. The Balaban J connectivity index is 1.72. The van der Waals surface area contributed by atoms with Crippen molar-refractivity contribution < 1.29 is 13.6 Å². The van der Waals surface area contributed by atoms with Crippen LogP contribution in [0.2, 0.25) is 0 Å². The van der Waals surface area contributed by atoms with Gasteiger partial charge >= 0.3 is 6.03 Å². The molecule has 0 atom stereocenters. The van der Waals surface area contributed by atoms with Gasteiger partial charge in [-0.05, 0) is 23.6 Å². The molecule has 0 aliphatic carbocycles. The molecule has 3 nitrogen and oxygen atoms in total. The van der Waals surface area contributed by atoms with E-state index in [1.807, 2.05) is 30.3 Å². The van der Waals surface area contributed by atoms with Crippen LogP contribution in [0.3, 0.4) is 0 Å². The Kier molecular flexibility index (Phi) is 5.26. The van der Waals surface area contributed by atoms with E-state index < -0.39 is 11.6 Å². The first kappa shape index (κ1) is 15.0. The highest BCUT2D eigenvalue weighted by Gasteiger charge is 2.05. The van der Waals surface area contributed by atoms with E-state index in [1.54, 1.807) is 0 Å². The van der Waals surface area contributed by atoms with E-state index in [0.717, 1.165) is 11.6 Å². The SMILES string of the molecule is O=C(NCCc1ccc(F)cc1F)NCc1ccccc1. The Morgan fingerprint density at radius 1 is 1.00 bits per heavy atom. The summed E-state index contributed by atoms with van der Waals surface area (Å²) in [5.41, 5.74) is 1.37. The summed E-state index contributed by atoms with van der Waals surface area (Å²) < 4.78 is 26.1. The van der Waals surface area contributed by atoms with Crippen molar-refractivity contribution in [3.05, 3.63) is 71.3 Å². The highest BCUT2D eigenvalue weighted by molar-refractivity contribution is 5.73. The molecule has 0 bridgehead atoms. The van der Waals surface area contributed by atoms with Crippen LogP contribution in [0.4, 0.5) is 13.6 Å². The van der Waals surface area contributed by atoms with Crippen LogP contribution < -0.4 is 10.6 Å². The van der Waals surface area contributed by atoms with Crippen LogP contribution in [-0.2, 0) is 13.0 Å². The highest BCUT2D eigenvalue weighted by atomic mass is 19.1. The minimum absolute atomic E-state index is 0.281. The molecule has 5 heteroatoms.